The van der Waals surface area contributed by atoms with Crippen molar-refractivity contribution in [1.82, 2.24) is 9.80 Å². The first-order valence-electron chi connectivity index (χ1n) is 8.39. The third-order valence-corrected chi connectivity index (χ3v) is 3.50. The molecule has 0 aliphatic heterocycles. The van der Waals surface area contributed by atoms with Crippen molar-refractivity contribution in [1.29, 1.82) is 0 Å². The van der Waals surface area contributed by atoms with Gasteiger partial charge in [-0.1, -0.05) is 6.07 Å². The van der Waals surface area contributed by atoms with Crippen LogP contribution >= 0.6 is 0 Å². The van der Waals surface area contributed by atoms with Crippen LogP contribution in [0.3, 0.4) is 0 Å². The Hall–Kier alpha value is -2.85. The van der Waals surface area contributed by atoms with Gasteiger partial charge in [-0.25, -0.2) is 9.18 Å². The summed E-state index contributed by atoms with van der Waals surface area (Å²) in [6, 6.07) is 3.16. The number of hydrogen-bond donors (Lipinski definition) is 1. The molecule has 1 N–H and O–H groups in total. The number of halogens is 4. The maximum Gasteiger partial charge on any atom is 0.471 e. The molecule has 29 heavy (non-hydrogen) atoms. The number of carbonyl (C=O) groups excluding carboxylic acids is 2. The van der Waals surface area contributed by atoms with Gasteiger partial charge in [0.1, 0.15) is 18.0 Å². The lowest BCUT2D eigenvalue weighted by molar-refractivity contribution is -0.187. The monoisotopic (exact) mass is 422 g/mol. The van der Waals surface area contributed by atoms with Crippen LogP contribution in [0.25, 0.3) is 0 Å². The average molecular weight is 422 g/mol. The first-order valence-corrected chi connectivity index (χ1v) is 8.39. The topological polar surface area (TPSA) is 87.2 Å². The van der Waals surface area contributed by atoms with Gasteiger partial charge in [0.05, 0.1) is 0 Å². The van der Waals surface area contributed by atoms with Crippen molar-refractivity contribution in [2.75, 3.05) is 13.6 Å². The molecule has 0 radical (unpaired) electrons. The summed E-state index contributed by atoms with van der Waals surface area (Å²) in [4.78, 5) is 35.7. The highest BCUT2D eigenvalue weighted by atomic mass is 19.4. The van der Waals surface area contributed by atoms with E-state index in [1.807, 2.05) is 0 Å². The fraction of sp³-hybridized carbons (Fsp3) is 0.500. The summed E-state index contributed by atoms with van der Waals surface area (Å²) in [6.45, 7) is 2.75. The Morgan fingerprint density at radius 1 is 1.07 bits per heavy atom. The number of alkyl halides is 3. The number of rotatable bonds is 6. The van der Waals surface area contributed by atoms with Gasteiger partial charge >= 0.3 is 24.1 Å². The zero-order valence-corrected chi connectivity index (χ0v) is 16.3. The molecule has 7 nitrogen and oxygen atoms in total. The molecule has 0 aliphatic carbocycles. The number of aliphatic carboxylic acids is 1. The number of amides is 2. The second kappa shape index (κ2) is 9.10. The average Bonchev–Trinajstić information content (AvgIpc) is 2.53. The number of benzene rings is 1. The van der Waals surface area contributed by atoms with E-state index in [0.717, 1.165) is 17.0 Å². The lowest BCUT2D eigenvalue weighted by Gasteiger charge is -2.26. The highest BCUT2D eigenvalue weighted by Crippen LogP contribution is 2.22. The van der Waals surface area contributed by atoms with Crippen molar-refractivity contribution in [2.24, 2.45) is 0 Å². The predicted octanol–water partition coefficient (Wildman–Crippen LogP) is 3.17. The number of nitrogens with zero attached hydrogens (tertiary/aromatic N) is 2. The highest BCUT2D eigenvalue weighted by Gasteiger charge is 2.43. The normalized spacial score (nSPS) is 11.7. The second-order valence-corrected chi connectivity index (χ2v) is 7.30. The van der Waals surface area contributed by atoms with Crippen molar-refractivity contribution >= 4 is 18.0 Å². The number of carboxylic acid groups (broad SMARTS) is 1. The molecule has 0 heterocycles. The molecule has 0 bridgehead atoms. The lowest BCUT2D eigenvalue weighted by atomic mass is 10.1. The molecule has 1 aromatic rings. The molecule has 0 spiro atoms. The molecule has 11 heteroatoms. The van der Waals surface area contributed by atoms with Crippen LogP contribution in [0, 0.1) is 5.82 Å². The van der Waals surface area contributed by atoms with E-state index in [9.17, 15) is 31.9 Å². The third kappa shape index (κ3) is 7.96. The van der Waals surface area contributed by atoms with E-state index < -0.39 is 48.7 Å². The molecule has 162 valence electrons. The molecule has 0 unspecified atom stereocenters. The number of hydrogen-bond acceptors (Lipinski definition) is 4. The van der Waals surface area contributed by atoms with E-state index in [2.05, 4.69) is 0 Å². The van der Waals surface area contributed by atoms with E-state index in [0.29, 0.717) is 0 Å². The molecule has 1 rings (SSSR count). The molecule has 0 aliphatic rings. The number of carboxylic acids is 1. The van der Waals surface area contributed by atoms with Crippen molar-refractivity contribution < 1.29 is 41.8 Å². The van der Waals surface area contributed by atoms with Gasteiger partial charge in [-0.15, -0.1) is 0 Å². The van der Waals surface area contributed by atoms with Gasteiger partial charge in [-0.2, -0.15) is 13.2 Å². The highest BCUT2D eigenvalue weighted by molar-refractivity contribution is 5.85. The smallest absolute Gasteiger partial charge is 0.471 e. The Morgan fingerprint density at radius 2 is 1.66 bits per heavy atom. The quantitative estimate of drug-likeness (QED) is 0.712. The SMILES string of the molecule is CN(Cc1ccc(F)cc1CN(CC(=O)O)C(=O)C(F)(F)F)C(=O)OC(C)(C)C. The van der Waals surface area contributed by atoms with Crippen LogP contribution in [0.2, 0.25) is 0 Å². The van der Waals surface area contributed by atoms with E-state index in [4.69, 9.17) is 9.84 Å². The molecule has 1 aromatic carbocycles. The molecule has 0 saturated heterocycles. The Labute approximate surface area is 164 Å². The van der Waals surface area contributed by atoms with E-state index >= 15 is 0 Å². The summed E-state index contributed by atoms with van der Waals surface area (Å²) in [5, 5.41) is 8.82. The fourth-order valence-electron chi connectivity index (χ4n) is 2.30. The maximum absolute atomic E-state index is 13.7. The molecule has 0 aromatic heterocycles. The van der Waals surface area contributed by atoms with Crippen molar-refractivity contribution in [3.63, 3.8) is 0 Å². The maximum atomic E-state index is 13.7. The Balaban J connectivity index is 3.14. The van der Waals surface area contributed by atoms with Crippen molar-refractivity contribution in [3.05, 3.63) is 35.1 Å². The molecular formula is C18H22F4N2O5. The van der Waals surface area contributed by atoms with Gasteiger partial charge in [-0.3, -0.25) is 9.59 Å². The Bertz CT molecular complexity index is 774. The van der Waals surface area contributed by atoms with Crippen molar-refractivity contribution in [3.8, 4) is 0 Å². The lowest BCUT2D eigenvalue weighted by Crippen LogP contribution is -2.43. The summed E-state index contributed by atoms with van der Waals surface area (Å²) in [6.07, 6.45) is -6.02. The predicted molar refractivity (Wildman–Crippen MR) is 93.2 cm³/mol. The summed E-state index contributed by atoms with van der Waals surface area (Å²) >= 11 is 0. The number of carbonyl (C=O) groups is 3. The minimum Gasteiger partial charge on any atom is -0.480 e. The van der Waals surface area contributed by atoms with Crippen LogP contribution in [-0.4, -0.2) is 58.2 Å². The molecule has 0 atom stereocenters. The van der Waals surface area contributed by atoms with Gasteiger partial charge < -0.3 is 19.6 Å². The molecular weight excluding hydrogens is 400 g/mol. The first kappa shape index (κ1) is 24.2. The number of ether oxygens (including phenoxy) is 1. The summed E-state index contributed by atoms with van der Waals surface area (Å²) < 4.78 is 57.2. The summed E-state index contributed by atoms with van der Waals surface area (Å²) in [5.41, 5.74) is -0.627. The van der Waals surface area contributed by atoms with E-state index in [1.165, 1.54) is 13.1 Å². The van der Waals surface area contributed by atoms with E-state index in [1.54, 1.807) is 20.8 Å². The van der Waals surface area contributed by atoms with Crippen LogP contribution in [0.1, 0.15) is 31.9 Å². The zero-order valence-electron chi connectivity index (χ0n) is 16.3. The molecule has 0 fully saturated rings. The van der Waals surface area contributed by atoms with Gasteiger partial charge in [0.15, 0.2) is 0 Å². The van der Waals surface area contributed by atoms with Crippen LogP contribution < -0.4 is 0 Å². The van der Waals surface area contributed by atoms with E-state index in [-0.39, 0.29) is 22.6 Å². The third-order valence-electron chi connectivity index (χ3n) is 3.50. The molecule has 0 saturated carbocycles. The van der Waals surface area contributed by atoms with Gasteiger partial charge in [0.25, 0.3) is 0 Å². The van der Waals surface area contributed by atoms with Crippen LogP contribution in [0.15, 0.2) is 18.2 Å². The largest absolute Gasteiger partial charge is 0.480 e. The summed E-state index contributed by atoms with van der Waals surface area (Å²) in [7, 11) is 1.37. The van der Waals surface area contributed by atoms with Crippen LogP contribution in [-0.2, 0) is 27.4 Å². The molecule has 2 amide bonds. The second-order valence-electron chi connectivity index (χ2n) is 7.30. The summed E-state index contributed by atoms with van der Waals surface area (Å²) in [5.74, 6) is -4.82. The zero-order chi connectivity index (χ0) is 22.6. The van der Waals surface area contributed by atoms with Gasteiger partial charge in [-0.05, 0) is 44.0 Å². The standard InChI is InChI=1S/C18H22F4N2O5/c1-17(2,3)29-16(28)23(4)8-11-5-6-13(19)7-12(11)9-24(10-14(25)26)15(27)18(20,21)22/h5-7H,8-10H2,1-4H3,(H,25,26). The van der Waals surface area contributed by atoms with Crippen LogP contribution in [0.4, 0.5) is 22.4 Å². The van der Waals surface area contributed by atoms with Gasteiger partial charge in [0, 0.05) is 20.1 Å². The Morgan fingerprint density at radius 3 is 2.14 bits per heavy atom. The minimum atomic E-state index is -5.30. The minimum absolute atomic E-state index is 0.0497. The van der Waals surface area contributed by atoms with Crippen molar-refractivity contribution in [2.45, 2.75) is 45.6 Å². The van der Waals surface area contributed by atoms with Crippen LogP contribution in [0.5, 0.6) is 0 Å². The Kier molecular flexibility index (Phi) is 7.59. The fourth-order valence-corrected chi connectivity index (χ4v) is 2.30. The first-order chi connectivity index (χ1) is 13.1. The van der Waals surface area contributed by atoms with Gasteiger partial charge in [0.2, 0.25) is 0 Å².